The van der Waals surface area contributed by atoms with Gasteiger partial charge in [0.2, 0.25) is 11.9 Å². The average Bonchev–Trinajstić information content (AvgIpc) is 3.31. The van der Waals surface area contributed by atoms with Crippen molar-refractivity contribution in [2.75, 3.05) is 43.0 Å². The molecule has 0 radical (unpaired) electrons. The van der Waals surface area contributed by atoms with Crippen LogP contribution in [0, 0.1) is 5.92 Å². The smallest absolute Gasteiger partial charge is 0.225 e. The highest BCUT2D eigenvalue weighted by Gasteiger charge is 2.26. The molecule has 6 heteroatoms. The molecule has 1 N–H and O–H groups in total. The molecule has 1 atom stereocenters. The first kappa shape index (κ1) is 19.7. The summed E-state index contributed by atoms with van der Waals surface area (Å²) in [4.78, 5) is 26.5. The van der Waals surface area contributed by atoms with Gasteiger partial charge in [-0.15, -0.1) is 0 Å². The second kappa shape index (κ2) is 9.25. The van der Waals surface area contributed by atoms with E-state index in [-0.39, 0.29) is 11.8 Å². The molecule has 29 heavy (non-hydrogen) atoms. The molecule has 4 rings (SSSR count). The summed E-state index contributed by atoms with van der Waals surface area (Å²) < 4.78 is 0. The van der Waals surface area contributed by atoms with Gasteiger partial charge in [-0.05, 0) is 56.2 Å². The molecule has 2 heterocycles. The van der Waals surface area contributed by atoms with Crippen LogP contribution in [-0.2, 0) is 17.6 Å². The molecule has 0 bridgehead atoms. The SMILES string of the molecule is CN(CCCNC(=O)C1CCc2nc(N3CCCC3)ncc2C1)c1ccccc1. The number of carbonyl (C=O) groups excluding carboxylic acids is 1. The van der Waals surface area contributed by atoms with Crippen molar-refractivity contribution in [3.63, 3.8) is 0 Å². The second-order valence-electron chi connectivity index (χ2n) is 8.18. The van der Waals surface area contributed by atoms with Crippen LogP contribution in [0.5, 0.6) is 0 Å². The zero-order chi connectivity index (χ0) is 20.1. The summed E-state index contributed by atoms with van der Waals surface area (Å²) in [6, 6.07) is 10.3. The molecule has 1 amide bonds. The Labute approximate surface area is 173 Å². The van der Waals surface area contributed by atoms with Crippen LogP contribution in [0.1, 0.15) is 36.9 Å². The van der Waals surface area contributed by atoms with E-state index in [1.54, 1.807) is 0 Å². The van der Waals surface area contributed by atoms with E-state index in [9.17, 15) is 4.79 Å². The van der Waals surface area contributed by atoms with Gasteiger partial charge in [0.1, 0.15) is 0 Å². The maximum atomic E-state index is 12.6. The van der Waals surface area contributed by atoms with Gasteiger partial charge in [0.15, 0.2) is 0 Å². The highest BCUT2D eigenvalue weighted by molar-refractivity contribution is 5.79. The number of fused-ring (bicyclic) bond motifs is 1. The molecule has 1 saturated heterocycles. The Hall–Kier alpha value is -2.63. The average molecular weight is 394 g/mol. The van der Waals surface area contributed by atoms with Gasteiger partial charge in [-0.25, -0.2) is 9.97 Å². The number of nitrogens with one attached hydrogen (secondary N) is 1. The molecular weight excluding hydrogens is 362 g/mol. The lowest BCUT2D eigenvalue weighted by atomic mass is 9.86. The second-order valence-corrected chi connectivity index (χ2v) is 8.18. The van der Waals surface area contributed by atoms with Crippen molar-refractivity contribution in [2.24, 2.45) is 5.92 Å². The number of nitrogens with zero attached hydrogens (tertiary/aromatic N) is 4. The number of rotatable bonds is 7. The normalized spacial score (nSPS) is 18.4. The van der Waals surface area contributed by atoms with Crippen LogP contribution < -0.4 is 15.1 Å². The highest BCUT2D eigenvalue weighted by Crippen LogP contribution is 2.26. The molecule has 1 aliphatic carbocycles. The molecule has 154 valence electrons. The highest BCUT2D eigenvalue weighted by atomic mass is 16.1. The fourth-order valence-corrected chi connectivity index (χ4v) is 4.27. The number of hydrogen-bond acceptors (Lipinski definition) is 5. The minimum Gasteiger partial charge on any atom is -0.375 e. The first-order valence-electron chi connectivity index (χ1n) is 10.8. The van der Waals surface area contributed by atoms with Gasteiger partial charge < -0.3 is 15.1 Å². The molecule has 0 saturated carbocycles. The van der Waals surface area contributed by atoms with Crippen LogP contribution >= 0.6 is 0 Å². The third-order valence-electron chi connectivity index (χ3n) is 6.06. The van der Waals surface area contributed by atoms with E-state index in [1.807, 2.05) is 24.4 Å². The van der Waals surface area contributed by atoms with Crippen LogP contribution in [0.4, 0.5) is 11.6 Å². The summed E-state index contributed by atoms with van der Waals surface area (Å²) in [5, 5.41) is 3.13. The van der Waals surface area contributed by atoms with Crippen molar-refractivity contribution in [1.29, 1.82) is 0 Å². The van der Waals surface area contributed by atoms with Gasteiger partial charge >= 0.3 is 0 Å². The summed E-state index contributed by atoms with van der Waals surface area (Å²) in [6.07, 6.45) is 7.83. The zero-order valence-electron chi connectivity index (χ0n) is 17.3. The van der Waals surface area contributed by atoms with Gasteiger partial charge in [0, 0.05) is 56.7 Å². The number of anilines is 2. The fourth-order valence-electron chi connectivity index (χ4n) is 4.27. The lowest BCUT2D eigenvalue weighted by Crippen LogP contribution is -2.36. The Morgan fingerprint density at radius 3 is 2.83 bits per heavy atom. The summed E-state index contributed by atoms with van der Waals surface area (Å²) >= 11 is 0. The summed E-state index contributed by atoms with van der Waals surface area (Å²) in [6.45, 7) is 3.75. The standard InChI is InChI=1S/C23H31N5O/c1-27(20-8-3-2-4-9-20)13-7-12-24-22(29)18-10-11-21-19(16-18)17-25-23(26-21)28-14-5-6-15-28/h2-4,8-9,17-18H,5-7,10-16H2,1H3,(H,24,29). The van der Waals surface area contributed by atoms with E-state index >= 15 is 0 Å². The van der Waals surface area contributed by atoms with Gasteiger partial charge in [-0.1, -0.05) is 18.2 Å². The minimum absolute atomic E-state index is 0.0376. The number of aryl methyl sites for hydroxylation is 1. The van der Waals surface area contributed by atoms with Crippen LogP contribution in [0.3, 0.4) is 0 Å². The number of carbonyl (C=O) groups is 1. The summed E-state index contributed by atoms with van der Waals surface area (Å²) in [7, 11) is 2.09. The quantitative estimate of drug-likeness (QED) is 0.733. The van der Waals surface area contributed by atoms with Gasteiger partial charge in [-0.2, -0.15) is 0 Å². The Balaban J connectivity index is 1.23. The Kier molecular flexibility index (Phi) is 6.27. The fraction of sp³-hybridized carbons (Fsp3) is 0.522. The molecule has 1 aliphatic heterocycles. The molecule has 1 aromatic carbocycles. The van der Waals surface area contributed by atoms with Crippen LogP contribution in [0.15, 0.2) is 36.5 Å². The number of hydrogen-bond donors (Lipinski definition) is 1. The van der Waals surface area contributed by atoms with Crippen molar-refractivity contribution >= 4 is 17.5 Å². The zero-order valence-corrected chi connectivity index (χ0v) is 17.3. The predicted molar refractivity (Wildman–Crippen MR) is 116 cm³/mol. The molecule has 1 unspecified atom stereocenters. The molecule has 2 aromatic rings. The van der Waals surface area contributed by atoms with Crippen molar-refractivity contribution < 1.29 is 4.79 Å². The molecule has 6 nitrogen and oxygen atoms in total. The van der Waals surface area contributed by atoms with Crippen LogP contribution in [0.2, 0.25) is 0 Å². The lowest BCUT2D eigenvalue weighted by Gasteiger charge is -2.25. The molecule has 1 fully saturated rings. The topological polar surface area (TPSA) is 61.4 Å². The maximum absolute atomic E-state index is 12.6. The molecule has 1 aromatic heterocycles. The number of para-hydroxylation sites is 1. The van der Waals surface area contributed by atoms with Crippen molar-refractivity contribution in [1.82, 2.24) is 15.3 Å². The first-order valence-corrected chi connectivity index (χ1v) is 10.8. The van der Waals surface area contributed by atoms with E-state index < -0.39 is 0 Å². The van der Waals surface area contributed by atoms with E-state index in [0.29, 0.717) is 6.54 Å². The van der Waals surface area contributed by atoms with Crippen molar-refractivity contribution in [2.45, 2.75) is 38.5 Å². The number of amides is 1. The molecular formula is C23H31N5O. The van der Waals surface area contributed by atoms with E-state index in [0.717, 1.165) is 62.5 Å². The Morgan fingerprint density at radius 1 is 1.24 bits per heavy atom. The van der Waals surface area contributed by atoms with E-state index in [1.165, 1.54) is 18.5 Å². The van der Waals surface area contributed by atoms with E-state index in [4.69, 9.17) is 4.98 Å². The van der Waals surface area contributed by atoms with E-state index in [2.05, 4.69) is 39.3 Å². The summed E-state index contributed by atoms with van der Waals surface area (Å²) in [5.41, 5.74) is 3.48. The monoisotopic (exact) mass is 393 g/mol. The molecule has 0 spiro atoms. The van der Waals surface area contributed by atoms with Gasteiger partial charge in [-0.3, -0.25) is 4.79 Å². The van der Waals surface area contributed by atoms with Gasteiger partial charge in [0.05, 0.1) is 0 Å². The third kappa shape index (κ3) is 4.86. The number of benzene rings is 1. The van der Waals surface area contributed by atoms with Crippen LogP contribution in [0.25, 0.3) is 0 Å². The molecule has 2 aliphatic rings. The van der Waals surface area contributed by atoms with Crippen LogP contribution in [-0.4, -0.2) is 49.1 Å². The minimum atomic E-state index is 0.0376. The largest absolute Gasteiger partial charge is 0.375 e. The maximum Gasteiger partial charge on any atom is 0.225 e. The van der Waals surface area contributed by atoms with Gasteiger partial charge in [0.25, 0.3) is 0 Å². The predicted octanol–water partition coefficient (Wildman–Crippen LogP) is 2.82. The lowest BCUT2D eigenvalue weighted by molar-refractivity contribution is -0.125. The Morgan fingerprint density at radius 2 is 2.03 bits per heavy atom. The van der Waals surface area contributed by atoms with Crippen molar-refractivity contribution in [3.05, 3.63) is 47.8 Å². The first-order chi connectivity index (χ1) is 14.2. The Bertz CT molecular complexity index is 819. The summed E-state index contributed by atoms with van der Waals surface area (Å²) in [5.74, 6) is 1.07. The van der Waals surface area contributed by atoms with Crippen molar-refractivity contribution in [3.8, 4) is 0 Å². The number of aromatic nitrogens is 2. The third-order valence-corrected chi connectivity index (χ3v) is 6.06.